The van der Waals surface area contributed by atoms with E-state index in [4.69, 9.17) is 0 Å². The van der Waals surface area contributed by atoms with Crippen LogP contribution in [-0.4, -0.2) is 16.3 Å². The van der Waals surface area contributed by atoms with E-state index < -0.39 is 0 Å². The third-order valence-electron chi connectivity index (χ3n) is 5.15. The van der Waals surface area contributed by atoms with Crippen molar-refractivity contribution in [3.8, 4) is 17.0 Å². The quantitative estimate of drug-likeness (QED) is 0.357. The predicted octanol–water partition coefficient (Wildman–Crippen LogP) is 7.84. The Morgan fingerprint density at radius 3 is 2.57 bits per heavy atom. The number of aromatic nitrogens is 1. The minimum absolute atomic E-state index is 0.169. The van der Waals surface area contributed by atoms with Gasteiger partial charge < -0.3 is 5.11 Å². The lowest BCUT2D eigenvalue weighted by Crippen LogP contribution is -2.04. The van der Waals surface area contributed by atoms with Crippen LogP contribution in [0.25, 0.3) is 11.3 Å². The topological polar surface area (TPSA) is 45.5 Å². The van der Waals surface area contributed by atoms with Gasteiger partial charge >= 0.3 is 0 Å². The van der Waals surface area contributed by atoms with Gasteiger partial charge in [0.25, 0.3) is 0 Å². The monoisotopic (exact) mass is 518 g/mol. The molecule has 3 nitrogen and oxygen atoms in total. The van der Waals surface area contributed by atoms with Gasteiger partial charge in [-0.3, -0.25) is 0 Å². The Balaban J connectivity index is 1.50. The highest BCUT2D eigenvalue weighted by atomic mass is 79.9. The fraction of sp³-hybridized carbons (Fsp3) is 0.273. The Morgan fingerprint density at radius 1 is 1.07 bits per heavy atom. The molecule has 1 heterocycles. The molecule has 144 valence electrons. The number of aliphatic imine (C=N–C) groups is 1. The highest BCUT2D eigenvalue weighted by molar-refractivity contribution is 9.11. The molecule has 0 radical (unpaired) electrons. The van der Waals surface area contributed by atoms with Gasteiger partial charge in [-0.15, -0.1) is 11.3 Å². The standard InChI is InChI=1S/C22H20Br2N2OS/c23-18-10-17(21(27)19(24)11-18)12-25-22-26-20(13-28-22)16-8-6-15(7-9-16)14-4-2-1-3-5-14/h6-14,27H,1-5H2. The summed E-state index contributed by atoms with van der Waals surface area (Å²) in [6, 6.07) is 12.5. The first kappa shape index (κ1) is 19.8. The molecule has 6 heteroatoms. The molecule has 1 aromatic heterocycles. The third kappa shape index (κ3) is 4.56. The largest absolute Gasteiger partial charge is 0.506 e. The van der Waals surface area contributed by atoms with Gasteiger partial charge in [0.1, 0.15) is 5.75 Å². The summed E-state index contributed by atoms with van der Waals surface area (Å²) in [6.07, 6.45) is 8.35. The van der Waals surface area contributed by atoms with Crippen LogP contribution >= 0.6 is 43.2 Å². The van der Waals surface area contributed by atoms with Crippen LogP contribution in [0.2, 0.25) is 0 Å². The normalized spacial score (nSPS) is 15.4. The summed E-state index contributed by atoms with van der Waals surface area (Å²) < 4.78 is 1.50. The first-order chi connectivity index (χ1) is 13.6. The van der Waals surface area contributed by atoms with Gasteiger partial charge in [-0.05, 0) is 52.4 Å². The highest BCUT2D eigenvalue weighted by Crippen LogP contribution is 2.35. The fourth-order valence-electron chi connectivity index (χ4n) is 3.63. The van der Waals surface area contributed by atoms with Crippen LogP contribution in [0.5, 0.6) is 5.75 Å². The van der Waals surface area contributed by atoms with Gasteiger partial charge in [-0.2, -0.15) is 0 Å². The van der Waals surface area contributed by atoms with Crippen molar-refractivity contribution >= 4 is 54.5 Å². The number of rotatable bonds is 4. The van der Waals surface area contributed by atoms with Crippen LogP contribution in [0.15, 0.2) is 55.7 Å². The summed E-state index contributed by atoms with van der Waals surface area (Å²) in [6.45, 7) is 0. The van der Waals surface area contributed by atoms with Gasteiger partial charge in [0, 0.05) is 27.2 Å². The lowest BCUT2D eigenvalue weighted by atomic mass is 9.84. The van der Waals surface area contributed by atoms with Crippen molar-refractivity contribution in [3.63, 3.8) is 0 Å². The highest BCUT2D eigenvalue weighted by Gasteiger charge is 2.15. The zero-order chi connectivity index (χ0) is 19.5. The van der Waals surface area contributed by atoms with E-state index in [2.05, 4.69) is 66.1 Å². The second-order valence-electron chi connectivity index (χ2n) is 7.06. The molecule has 0 amide bonds. The minimum atomic E-state index is 0.169. The van der Waals surface area contributed by atoms with Gasteiger partial charge in [-0.25, -0.2) is 9.98 Å². The van der Waals surface area contributed by atoms with Crippen molar-refractivity contribution in [3.05, 3.63) is 61.9 Å². The van der Waals surface area contributed by atoms with E-state index in [9.17, 15) is 5.11 Å². The van der Waals surface area contributed by atoms with Crippen molar-refractivity contribution in [1.29, 1.82) is 0 Å². The number of aromatic hydroxyl groups is 1. The van der Waals surface area contributed by atoms with Crippen LogP contribution < -0.4 is 0 Å². The molecule has 2 aromatic carbocycles. The SMILES string of the molecule is Oc1c(Br)cc(Br)cc1C=Nc1nc(-c2ccc(C3CCCCC3)cc2)cs1. The molecule has 4 rings (SSSR count). The first-order valence-electron chi connectivity index (χ1n) is 9.38. The van der Waals surface area contributed by atoms with Crippen LogP contribution in [0.4, 0.5) is 5.13 Å². The van der Waals surface area contributed by atoms with E-state index in [-0.39, 0.29) is 5.75 Å². The predicted molar refractivity (Wildman–Crippen MR) is 124 cm³/mol. The van der Waals surface area contributed by atoms with Gasteiger partial charge in [0.05, 0.1) is 10.2 Å². The summed E-state index contributed by atoms with van der Waals surface area (Å²) in [5, 5.41) is 12.8. The number of benzene rings is 2. The molecule has 0 bridgehead atoms. The smallest absolute Gasteiger partial charge is 0.209 e. The number of halogens is 2. The van der Waals surface area contributed by atoms with Crippen molar-refractivity contribution in [1.82, 2.24) is 4.98 Å². The average molecular weight is 520 g/mol. The molecule has 0 atom stereocenters. The first-order valence-corrected chi connectivity index (χ1v) is 11.8. The summed E-state index contributed by atoms with van der Waals surface area (Å²) in [7, 11) is 0. The number of thiazole rings is 1. The molecule has 0 aliphatic heterocycles. The summed E-state index contributed by atoms with van der Waals surface area (Å²) in [4.78, 5) is 9.07. The molecule has 3 aromatic rings. The molecule has 1 aliphatic carbocycles. The van der Waals surface area contributed by atoms with Crippen LogP contribution in [0, 0.1) is 0 Å². The van der Waals surface area contributed by atoms with Gasteiger partial charge in [-0.1, -0.05) is 59.5 Å². The van der Waals surface area contributed by atoms with Crippen molar-refractivity contribution in [2.24, 2.45) is 4.99 Å². The van der Waals surface area contributed by atoms with E-state index >= 15 is 0 Å². The Morgan fingerprint density at radius 2 is 1.82 bits per heavy atom. The molecule has 1 fully saturated rings. The number of phenolic OH excluding ortho intramolecular Hbond substituents is 1. The molecular weight excluding hydrogens is 500 g/mol. The van der Waals surface area contributed by atoms with Crippen LogP contribution in [-0.2, 0) is 0 Å². The number of nitrogens with zero attached hydrogens (tertiary/aromatic N) is 2. The summed E-state index contributed by atoms with van der Waals surface area (Å²) in [5.41, 5.74) is 4.14. The van der Waals surface area contributed by atoms with Crippen molar-refractivity contribution in [2.45, 2.75) is 38.0 Å². The Labute approximate surface area is 185 Å². The van der Waals surface area contributed by atoms with Crippen LogP contribution in [0.1, 0.15) is 49.1 Å². The summed E-state index contributed by atoms with van der Waals surface area (Å²) in [5.74, 6) is 0.887. The lowest BCUT2D eigenvalue weighted by Gasteiger charge is -2.22. The molecular formula is C22H20Br2N2OS. The zero-order valence-corrected chi connectivity index (χ0v) is 19.2. The minimum Gasteiger partial charge on any atom is -0.506 e. The third-order valence-corrected chi connectivity index (χ3v) is 6.96. The van der Waals surface area contributed by atoms with Crippen LogP contribution in [0.3, 0.4) is 0 Å². The molecule has 0 unspecified atom stereocenters. The molecule has 1 N–H and O–H groups in total. The molecule has 0 spiro atoms. The second-order valence-corrected chi connectivity index (χ2v) is 9.66. The number of hydrogen-bond acceptors (Lipinski definition) is 4. The van der Waals surface area contributed by atoms with Gasteiger partial charge in [0.2, 0.25) is 5.13 Å². The van der Waals surface area contributed by atoms with E-state index in [1.54, 1.807) is 12.3 Å². The fourth-order valence-corrected chi connectivity index (χ4v) is 5.56. The Hall–Kier alpha value is -1.50. The summed E-state index contributed by atoms with van der Waals surface area (Å²) >= 11 is 8.26. The van der Waals surface area contributed by atoms with E-state index in [0.29, 0.717) is 15.2 Å². The van der Waals surface area contributed by atoms with E-state index in [0.717, 1.165) is 21.6 Å². The van der Waals surface area contributed by atoms with Crippen molar-refractivity contribution < 1.29 is 5.11 Å². The van der Waals surface area contributed by atoms with E-state index in [1.165, 1.54) is 49.0 Å². The average Bonchev–Trinajstić information content (AvgIpc) is 3.19. The number of phenols is 1. The Bertz CT molecular complexity index is 992. The molecule has 0 saturated heterocycles. The molecule has 1 aliphatic rings. The van der Waals surface area contributed by atoms with Crippen molar-refractivity contribution in [2.75, 3.05) is 0 Å². The lowest BCUT2D eigenvalue weighted by molar-refractivity contribution is 0.443. The zero-order valence-electron chi connectivity index (χ0n) is 15.2. The maximum atomic E-state index is 10.1. The maximum Gasteiger partial charge on any atom is 0.209 e. The molecule has 1 saturated carbocycles. The molecule has 28 heavy (non-hydrogen) atoms. The van der Waals surface area contributed by atoms with E-state index in [1.807, 2.05) is 11.4 Å². The van der Waals surface area contributed by atoms with Gasteiger partial charge in [0.15, 0.2) is 0 Å². The Kier molecular flexibility index (Phi) is 6.28. The number of hydrogen-bond donors (Lipinski definition) is 1. The maximum absolute atomic E-state index is 10.1. The second kappa shape index (κ2) is 8.89.